The van der Waals surface area contributed by atoms with E-state index in [9.17, 15) is 30.7 Å². The van der Waals surface area contributed by atoms with Crippen LogP contribution < -0.4 is 0 Å². The quantitative estimate of drug-likeness (QED) is 0.492. The van der Waals surface area contributed by atoms with Crippen LogP contribution in [0.4, 0.5) is 30.7 Å². The molecule has 0 aromatic heterocycles. The molecule has 0 saturated carbocycles. The van der Waals surface area contributed by atoms with E-state index in [1.165, 1.54) is 0 Å². The fourth-order valence-corrected chi connectivity index (χ4v) is 1.95. The lowest BCUT2D eigenvalue weighted by molar-refractivity contribution is -0.355. The second-order valence-electron chi connectivity index (χ2n) is 4.92. The molecule has 0 radical (unpaired) electrons. The van der Waals surface area contributed by atoms with Gasteiger partial charge in [0.2, 0.25) is 0 Å². The summed E-state index contributed by atoms with van der Waals surface area (Å²) >= 11 is 0. The fraction of sp³-hybridized carbons (Fsp3) is 1.00. The highest BCUT2D eigenvalue weighted by Gasteiger charge is 2.72. The lowest BCUT2D eigenvalue weighted by Gasteiger charge is -2.28. The van der Waals surface area contributed by atoms with Gasteiger partial charge in [-0.2, -0.15) is 30.7 Å². The molecule has 0 aliphatic carbocycles. The molecule has 0 bridgehead atoms. The molecule has 1 heterocycles. The predicted molar refractivity (Wildman–Crippen MR) is 59.6 cm³/mol. The van der Waals surface area contributed by atoms with Crippen LogP contribution in [0.3, 0.4) is 0 Å². The normalized spacial score (nSPS) is 21.0. The molecule has 2 nitrogen and oxygen atoms in total. The molecule has 1 unspecified atom stereocenters. The average molecular weight is 326 g/mol. The van der Waals surface area contributed by atoms with E-state index < -0.39 is 30.9 Å². The van der Waals surface area contributed by atoms with Crippen LogP contribution in [0.15, 0.2) is 0 Å². The standard InChI is InChI=1S/C12H17F7O2/c13-10(14,11(15,16)12(17,18)19)5-2-6-20-8-4-9-3-1-7-21-9/h9H,1-8H2. The largest absolute Gasteiger partial charge is 0.459 e. The number of ether oxygens (including phenoxy) is 2. The fourth-order valence-electron chi connectivity index (χ4n) is 1.95. The number of hydrogen-bond donors (Lipinski definition) is 0. The molecular weight excluding hydrogens is 309 g/mol. The molecule has 0 spiro atoms. The van der Waals surface area contributed by atoms with Crippen molar-refractivity contribution in [3.63, 3.8) is 0 Å². The summed E-state index contributed by atoms with van der Waals surface area (Å²) in [5.41, 5.74) is 0. The van der Waals surface area contributed by atoms with E-state index in [0.717, 1.165) is 12.8 Å². The van der Waals surface area contributed by atoms with Crippen molar-refractivity contribution in [1.82, 2.24) is 0 Å². The Labute approximate surface area is 117 Å². The molecular formula is C12H17F7O2. The van der Waals surface area contributed by atoms with E-state index in [0.29, 0.717) is 13.0 Å². The maximum atomic E-state index is 12.9. The van der Waals surface area contributed by atoms with Gasteiger partial charge in [0.15, 0.2) is 0 Å². The molecule has 0 amide bonds. The summed E-state index contributed by atoms with van der Waals surface area (Å²) in [6, 6.07) is 0. The van der Waals surface area contributed by atoms with Crippen molar-refractivity contribution >= 4 is 0 Å². The monoisotopic (exact) mass is 326 g/mol. The summed E-state index contributed by atoms with van der Waals surface area (Å²) < 4.78 is 96.7. The zero-order chi connectivity index (χ0) is 16.1. The molecule has 1 aliphatic heterocycles. The Morgan fingerprint density at radius 2 is 1.67 bits per heavy atom. The van der Waals surface area contributed by atoms with Crippen molar-refractivity contribution in [3.8, 4) is 0 Å². The van der Waals surface area contributed by atoms with Crippen molar-refractivity contribution in [3.05, 3.63) is 0 Å². The Morgan fingerprint density at radius 3 is 2.19 bits per heavy atom. The maximum absolute atomic E-state index is 12.9. The molecule has 126 valence electrons. The second-order valence-corrected chi connectivity index (χ2v) is 4.92. The van der Waals surface area contributed by atoms with Crippen LogP contribution in [0.2, 0.25) is 0 Å². The molecule has 0 N–H and O–H groups in total. The average Bonchev–Trinajstić information content (AvgIpc) is 2.85. The molecule has 1 rings (SSSR count). The Kier molecular flexibility index (Phi) is 6.27. The number of rotatable bonds is 8. The van der Waals surface area contributed by atoms with Crippen LogP contribution in [0.25, 0.3) is 0 Å². The first-order valence-electron chi connectivity index (χ1n) is 6.59. The number of hydrogen-bond acceptors (Lipinski definition) is 2. The highest BCUT2D eigenvalue weighted by atomic mass is 19.4. The van der Waals surface area contributed by atoms with Crippen molar-refractivity contribution in [2.75, 3.05) is 19.8 Å². The molecule has 1 atom stereocenters. The van der Waals surface area contributed by atoms with Crippen LogP contribution >= 0.6 is 0 Å². The molecule has 21 heavy (non-hydrogen) atoms. The van der Waals surface area contributed by atoms with Gasteiger partial charge < -0.3 is 9.47 Å². The Morgan fingerprint density at radius 1 is 1.00 bits per heavy atom. The van der Waals surface area contributed by atoms with E-state index >= 15 is 0 Å². The lowest BCUT2D eigenvalue weighted by atomic mass is 10.1. The van der Waals surface area contributed by atoms with Gasteiger partial charge in [0.05, 0.1) is 6.10 Å². The Hall–Kier alpha value is -0.570. The SMILES string of the molecule is FC(F)(F)C(F)(F)C(F)(F)CCCOCCC1CCCO1. The van der Waals surface area contributed by atoms with E-state index in [1.807, 2.05) is 0 Å². The van der Waals surface area contributed by atoms with E-state index in [-0.39, 0.29) is 19.3 Å². The van der Waals surface area contributed by atoms with Gasteiger partial charge in [-0.25, -0.2) is 0 Å². The molecule has 9 heteroatoms. The third kappa shape index (κ3) is 4.98. The lowest BCUT2D eigenvalue weighted by Crippen LogP contribution is -2.51. The minimum atomic E-state index is -6.27. The Balaban J connectivity index is 2.21. The van der Waals surface area contributed by atoms with Gasteiger partial charge >= 0.3 is 18.0 Å². The van der Waals surface area contributed by atoms with Crippen LogP contribution in [0, 0.1) is 0 Å². The summed E-state index contributed by atoms with van der Waals surface area (Å²) in [5.74, 6) is -11.2. The second kappa shape index (κ2) is 7.13. The van der Waals surface area contributed by atoms with Crippen LogP contribution in [0.5, 0.6) is 0 Å². The van der Waals surface area contributed by atoms with E-state index in [4.69, 9.17) is 9.47 Å². The first kappa shape index (κ1) is 18.5. The predicted octanol–water partition coefficient (Wildman–Crippen LogP) is 4.19. The summed E-state index contributed by atoms with van der Waals surface area (Å²) in [6.07, 6.45) is -6.03. The highest BCUT2D eigenvalue weighted by Crippen LogP contribution is 2.48. The Bertz CT molecular complexity index is 311. The smallest absolute Gasteiger partial charge is 0.381 e. The summed E-state index contributed by atoms with van der Waals surface area (Å²) in [6.45, 7) is 0.561. The van der Waals surface area contributed by atoms with Gasteiger partial charge in [-0.3, -0.25) is 0 Å². The van der Waals surface area contributed by atoms with Crippen molar-refractivity contribution < 1.29 is 40.2 Å². The minimum Gasteiger partial charge on any atom is -0.381 e. The number of alkyl halides is 7. The van der Waals surface area contributed by atoms with Gasteiger partial charge in [-0.15, -0.1) is 0 Å². The summed E-state index contributed by atoms with van der Waals surface area (Å²) in [4.78, 5) is 0. The first-order valence-corrected chi connectivity index (χ1v) is 6.59. The van der Waals surface area contributed by atoms with Crippen molar-refractivity contribution in [2.24, 2.45) is 0 Å². The summed E-state index contributed by atoms with van der Waals surface area (Å²) in [5, 5.41) is 0. The topological polar surface area (TPSA) is 18.5 Å². The van der Waals surface area contributed by atoms with Crippen LogP contribution in [-0.4, -0.2) is 43.9 Å². The van der Waals surface area contributed by atoms with Crippen LogP contribution in [-0.2, 0) is 9.47 Å². The minimum absolute atomic E-state index is 0.0426. The molecule has 1 fully saturated rings. The third-order valence-corrected chi connectivity index (χ3v) is 3.20. The third-order valence-electron chi connectivity index (χ3n) is 3.20. The number of halogens is 7. The van der Waals surface area contributed by atoms with E-state index in [2.05, 4.69) is 0 Å². The van der Waals surface area contributed by atoms with E-state index in [1.54, 1.807) is 0 Å². The molecule has 1 saturated heterocycles. The zero-order valence-electron chi connectivity index (χ0n) is 11.2. The van der Waals surface area contributed by atoms with Gasteiger partial charge in [-0.05, 0) is 25.7 Å². The van der Waals surface area contributed by atoms with Gasteiger partial charge in [0.1, 0.15) is 0 Å². The van der Waals surface area contributed by atoms with Gasteiger partial charge in [0.25, 0.3) is 0 Å². The zero-order valence-corrected chi connectivity index (χ0v) is 11.2. The van der Waals surface area contributed by atoms with Gasteiger partial charge in [-0.1, -0.05) is 0 Å². The first-order chi connectivity index (χ1) is 9.58. The molecule has 0 aromatic rings. The summed E-state index contributed by atoms with van der Waals surface area (Å²) in [7, 11) is 0. The van der Waals surface area contributed by atoms with Crippen molar-refractivity contribution in [1.29, 1.82) is 0 Å². The van der Waals surface area contributed by atoms with Gasteiger partial charge in [0, 0.05) is 26.2 Å². The molecule has 0 aromatic carbocycles. The maximum Gasteiger partial charge on any atom is 0.459 e. The highest BCUT2D eigenvalue weighted by molar-refractivity contribution is 4.90. The van der Waals surface area contributed by atoms with Crippen molar-refractivity contribution in [2.45, 2.75) is 56.2 Å². The van der Waals surface area contributed by atoms with Crippen LogP contribution in [0.1, 0.15) is 32.1 Å². The molecule has 1 aliphatic rings.